The Morgan fingerprint density at radius 1 is 1.35 bits per heavy atom. The number of fused-ring (bicyclic) bond motifs is 1. The molecule has 2 aromatic rings. The Labute approximate surface area is 134 Å². The molecule has 7 nitrogen and oxygen atoms in total. The number of urea groups is 1. The van der Waals surface area contributed by atoms with E-state index in [2.05, 4.69) is 37.1 Å². The van der Waals surface area contributed by atoms with Crippen LogP contribution in [0.15, 0.2) is 35.5 Å². The molecule has 122 valence electrons. The summed E-state index contributed by atoms with van der Waals surface area (Å²) in [6.07, 6.45) is 3.86. The number of carbonyl (C=O) groups excluding carboxylic acids is 1. The Bertz CT molecular complexity index is 676. The minimum Gasteiger partial charge on any atom is -0.335 e. The van der Waals surface area contributed by atoms with Gasteiger partial charge >= 0.3 is 6.03 Å². The molecule has 0 spiro atoms. The normalized spacial score (nSPS) is 16.3. The van der Waals surface area contributed by atoms with Crippen molar-refractivity contribution in [3.8, 4) is 0 Å². The number of aromatic nitrogens is 2. The predicted octanol–water partition coefficient (Wildman–Crippen LogP) is 1.67. The van der Waals surface area contributed by atoms with Gasteiger partial charge in [-0.3, -0.25) is 4.90 Å². The number of nitrogens with zero attached hydrogens (tertiary/aromatic N) is 3. The lowest BCUT2D eigenvalue weighted by Crippen LogP contribution is -2.47. The van der Waals surface area contributed by atoms with Crippen molar-refractivity contribution >= 4 is 17.1 Å². The number of benzene rings is 1. The van der Waals surface area contributed by atoms with Crippen LogP contribution in [0.25, 0.3) is 11.0 Å². The lowest BCUT2D eigenvalue weighted by atomic mass is 10.1. The first kappa shape index (κ1) is 15.5. The lowest BCUT2D eigenvalue weighted by molar-refractivity contribution is 0.204. The molecule has 0 unspecified atom stereocenters. The third kappa shape index (κ3) is 4.07. The van der Waals surface area contributed by atoms with Crippen LogP contribution in [0.2, 0.25) is 0 Å². The summed E-state index contributed by atoms with van der Waals surface area (Å²) < 4.78 is 4.66. The van der Waals surface area contributed by atoms with Crippen molar-refractivity contribution in [2.45, 2.75) is 25.4 Å². The molecule has 0 aliphatic carbocycles. The van der Waals surface area contributed by atoms with Gasteiger partial charge in [-0.05, 0) is 40.9 Å². The van der Waals surface area contributed by atoms with Crippen LogP contribution in [0.5, 0.6) is 0 Å². The van der Waals surface area contributed by atoms with E-state index in [1.165, 1.54) is 0 Å². The molecule has 0 saturated carbocycles. The summed E-state index contributed by atoms with van der Waals surface area (Å²) >= 11 is 0. The molecule has 1 aliphatic heterocycles. The van der Waals surface area contributed by atoms with E-state index in [9.17, 15) is 4.79 Å². The minimum atomic E-state index is -0.134. The van der Waals surface area contributed by atoms with Gasteiger partial charge in [0.15, 0.2) is 0 Å². The van der Waals surface area contributed by atoms with Crippen LogP contribution in [0.1, 0.15) is 18.4 Å². The van der Waals surface area contributed by atoms with Crippen molar-refractivity contribution in [3.63, 3.8) is 0 Å². The van der Waals surface area contributed by atoms with Crippen LogP contribution in [-0.2, 0) is 6.54 Å². The topological polar surface area (TPSA) is 83.3 Å². The van der Waals surface area contributed by atoms with Crippen molar-refractivity contribution < 1.29 is 9.42 Å². The quantitative estimate of drug-likeness (QED) is 0.820. The average Bonchev–Trinajstić information content (AvgIpc) is 3.03. The predicted molar refractivity (Wildman–Crippen MR) is 86.8 cm³/mol. The lowest BCUT2D eigenvalue weighted by Gasteiger charge is -2.31. The highest BCUT2D eigenvalue weighted by molar-refractivity contribution is 5.75. The van der Waals surface area contributed by atoms with Crippen LogP contribution < -0.4 is 10.6 Å². The van der Waals surface area contributed by atoms with Crippen LogP contribution >= 0.6 is 0 Å². The first-order valence-corrected chi connectivity index (χ1v) is 7.83. The van der Waals surface area contributed by atoms with Crippen molar-refractivity contribution in [2.75, 3.05) is 19.6 Å². The summed E-state index contributed by atoms with van der Waals surface area (Å²) in [6.45, 7) is 7.10. The van der Waals surface area contributed by atoms with E-state index in [-0.39, 0.29) is 12.1 Å². The molecule has 1 aliphatic rings. The van der Waals surface area contributed by atoms with Gasteiger partial charge in [-0.25, -0.2) is 9.42 Å². The number of likely N-dealkylation sites (tertiary alicyclic amines) is 1. The Kier molecular flexibility index (Phi) is 4.87. The average molecular weight is 315 g/mol. The van der Waals surface area contributed by atoms with E-state index >= 15 is 0 Å². The SMILES string of the molecule is C=CCN1CCC(NC(=O)NCc2ccc3nonc3c2)CC1. The van der Waals surface area contributed by atoms with Gasteiger partial charge in [-0.2, -0.15) is 0 Å². The number of amides is 2. The number of piperidine rings is 1. The smallest absolute Gasteiger partial charge is 0.315 e. The van der Waals surface area contributed by atoms with E-state index in [1.807, 2.05) is 24.3 Å². The summed E-state index contributed by atoms with van der Waals surface area (Å²) in [7, 11) is 0. The molecule has 0 bridgehead atoms. The molecule has 2 amide bonds. The van der Waals surface area contributed by atoms with E-state index in [0.717, 1.165) is 38.0 Å². The fourth-order valence-electron chi connectivity index (χ4n) is 2.80. The van der Waals surface area contributed by atoms with Gasteiger partial charge < -0.3 is 10.6 Å². The molecule has 23 heavy (non-hydrogen) atoms. The molecule has 1 fully saturated rings. The fourth-order valence-corrected chi connectivity index (χ4v) is 2.80. The second-order valence-electron chi connectivity index (χ2n) is 5.78. The molecule has 2 N–H and O–H groups in total. The molecule has 3 rings (SSSR count). The van der Waals surface area contributed by atoms with Crippen LogP contribution in [0, 0.1) is 0 Å². The van der Waals surface area contributed by atoms with Crippen LogP contribution in [-0.4, -0.2) is 46.9 Å². The molecule has 1 aromatic heterocycles. The third-order valence-electron chi connectivity index (χ3n) is 4.08. The zero-order chi connectivity index (χ0) is 16.1. The number of rotatable bonds is 5. The van der Waals surface area contributed by atoms with Crippen LogP contribution in [0.3, 0.4) is 0 Å². The minimum absolute atomic E-state index is 0.134. The summed E-state index contributed by atoms with van der Waals surface area (Å²) in [5.41, 5.74) is 2.37. The number of hydrogen-bond donors (Lipinski definition) is 2. The Balaban J connectivity index is 1.43. The largest absolute Gasteiger partial charge is 0.335 e. The van der Waals surface area contributed by atoms with Gasteiger partial charge in [0.2, 0.25) is 0 Å². The highest BCUT2D eigenvalue weighted by Gasteiger charge is 2.19. The Morgan fingerprint density at radius 3 is 2.91 bits per heavy atom. The molecular weight excluding hydrogens is 294 g/mol. The highest BCUT2D eigenvalue weighted by Crippen LogP contribution is 2.12. The van der Waals surface area contributed by atoms with Crippen molar-refractivity contribution in [1.82, 2.24) is 25.8 Å². The maximum atomic E-state index is 12.0. The molecule has 0 radical (unpaired) electrons. The first-order chi connectivity index (χ1) is 11.2. The zero-order valence-electron chi connectivity index (χ0n) is 13.0. The monoisotopic (exact) mass is 315 g/mol. The Morgan fingerprint density at radius 2 is 2.13 bits per heavy atom. The van der Waals surface area contributed by atoms with Gasteiger partial charge in [0.05, 0.1) is 0 Å². The molecular formula is C16H21N5O2. The third-order valence-corrected chi connectivity index (χ3v) is 4.08. The molecule has 1 aromatic carbocycles. The van der Waals surface area contributed by atoms with E-state index in [1.54, 1.807) is 0 Å². The summed E-state index contributed by atoms with van der Waals surface area (Å²) in [5.74, 6) is 0. The van der Waals surface area contributed by atoms with Crippen molar-refractivity contribution in [1.29, 1.82) is 0 Å². The molecule has 2 heterocycles. The molecule has 7 heteroatoms. The summed E-state index contributed by atoms with van der Waals surface area (Å²) in [6, 6.07) is 5.69. The van der Waals surface area contributed by atoms with Crippen molar-refractivity contribution in [3.05, 3.63) is 36.4 Å². The van der Waals surface area contributed by atoms with E-state index in [0.29, 0.717) is 17.6 Å². The molecule has 1 saturated heterocycles. The fraction of sp³-hybridized carbons (Fsp3) is 0.438. The summed E-state index contributed by atoms with van der Waals surface area (Å²) in [5, 5.41) is 13.5. The first-order valence-electron chi connectivity index (χ1n) is 7.83. The standard InChI is InChI=1S/C16H21N5O2/c1-2-7-21-8-5-13(6-9-21)18-16(22)17-11-12-3-4-14-15(10-12)20-23-19-14/h2-4,10,13H,1,5-9,11H2,(H2,17,18,22). The molecule has 0 atom stereocenters. The summed E-state index contributed by atoms with van der Waals surface area (Å²) in [4.78, 5) is 14.3. The maximum absolute atomic E-state index is 12.0. The zero-order valence-corrected chi connectivity index (χ0v) is 13.0. The van der Waals surface area contributed by atoms with Gasteiger partial charge in [0.1, 0.15) is 11.0 Å². The van der Waals surface area contributed by atoms with E-state index < -0.39 is 0 Å². The van der Waals surface area contributed by atoms with Crippen molar-refractivity contribution in [2.24, 2.45) is 0 Å². The second kappa shape index (κ2) is 7.23. The number of carbonyl (C=O) groups is 1. The Hall–Kier alpha value is -2.41. The van der Waals surface area contributed by atoms with Gasteiger partial charge in [-0.15, -0.1) is 6.58 Å². The van der Waals surface area contributed by atoms with Gasteiger partial charge in [0.25, 0.3) is 0 Å². The van der Waals surface area contributed by atoms with Crippen LogP contribution in [0.4, 0.5) is 4.79 Å². The second-order valence-corrected chi connectivity index (χ2v) is 5.78. The number of hydrogen-bond acceptors (Lipinski definition) is 5. The maximum Gasteiger partial charge on any atom is 0.315 e. The van der Waals surface area contributed by atoms with Gasteiger partial charge in [0, 0.05) is 32.2 Å². The van der Waals surface area contributed by atoms with E-state index in [4.69, 9.17) is 0 Å². The van der Waals surface area contributed by atoms with Gasteiger partial charge in [-0.1, -0.05) is 12.1 Å². The number of nitrogens with one attached hydrogen (secondary N) is 2. The highest BCUT2D eigenvalue weighted by atomic mass is 16.6.